The third kappa shape index (κ3) is 18.7. The van der Waals surface area contributed by atoms with Crippen molar-refractivity contribution in [1.82, 2.24) is 15.0 Å². The topological polar surface area (TPSA) is 38.7 Å². The summed E-state index contributed by atoms with van der Waals surface area (Å²) in [6.07, 6.45) is 9.22. The molecule has 0 spiro atoms. The van der Waals surface area contributed by atoms with Gasteiger partial charge in [-0.1, -0.05) is 116 Å². The minimum absolute atomic E-state index is 0.182. The fraction of sp³-hybridized carbons (Fsp3) is 0.545. The van der Waals surface area contributed by atoms with Crippen molar-refractivity contribution in [2.75, 3.05) is 0 Å². The second-order valence-corrected chi connectivity index (χ2v) is 10.4. The lowest BCUT2D eigenvalue weighted by Crippen LogP contribution is -2.12. The Bertz CT molecular complexity index is 706. The van der Waals surface area contributed by atoms with E-state index in [9.17, 15) is 0 Å². The van der Waals surface area contributed by atoms with E-state index in [0.29, 0.717) is 0 Å². The molecule has 0 aliphatic rings. The van der Waals surface area contributed by atoms with Gasteiger partial charge >= 0.3 is 0 Å². The van der Waals surface area contributed by atoms with Crippen molar-refractivity contribution in [3.8, 4) is 0 Å². The van der Waals surface area contributed by atoms with E-state index in [4.69, 9.17) is 0 Å². The van der Waals surface area contributed by atoms with Crippen molar-refractivity contribution in [3.05, 3.63) is 90.3 Å². The first kappa shape index (κ1) is 38.0. The van der Waals surface area contributed by atoms with Crippen molar-refractivity contribution < 1.29 is 0 Å². The van der Waals surface area contributed by atoms with Crippen molar-refractivity contribution in [3.63, 3.8) is 0 Å². The normalized spacial score (nSPS) is 10.1. The van der Waals surface area contributed by atoms with Crippen LogP contribution in [0.1, 0.15) is 121 Å². The Kier molecular flexibility index (Phi) is 21.8. The molecule has 0 saturated carbocycles. The molecule has 0 fully saturated rings. The van der Waals surface area contributed by atoms with Gasteiger partial charge in [-0.2, -0.15) is 0 Å². The van der Waals surface area contributed by atoms with Crippen molar-refractivity contribution >= 4 is 0 Å². The zero-order valence-corrected chi connectivity index (χ0v) is 26.3. The molecular formula is C33H57N3. The number of hydrogen-bond acceptors (Lipinski definition) is 3. The maximum Gasteiger partial charge on any atom is 0.0457 e. The number of hydrogen-bond donors (Lipinski definition) is 0. The molecule has 0 N–H and O–H groups in total. The molecule has 0 aromatic carbocycles. The minimum atomic E-state index is 0.182. The van der Waals surface area contributed by atoms with E-state index in [2.05, 4.69) is 102 Å². The highest BCUT2D eigenvalue weighted by atomic mass is 14.7. The van der Waals surface area contributed by atoms with Crippen LogP contribution in [0.2, 0.25) is 0 Å². The summed E-state index contributed by atoms with van der Waals surface area (Å²) < 4.78 is 0. The lowest BCUT2D eigenvalue weighted by Gasteiger charge is -2.17. The third-order valence-electron chi connectivity index (χ3n) is 4.51. The second-order valence-electron chi connectivity index (χ2n) is 10.4. The summed E-state index contributed by atoms with van der Waals surface area (Å²) in [6.45, 7) is 31.6. The molecule has 0 atom stereocenters. The van der Waals surface area contributed by atoms with Crippen LogP contribution in [0.25, 0.3) is 0 Å². The summed E-state index contributed by atoms with van der Waals surface area (Å²) in [5.41, 5.74) is 4.44. The highest BCUT2D eigenvalue weighted by Gasteiger charge is 2.14. The maximum absolute atomic E-state index is 4.25. The van der Waals surface area contributed by atoms with Crippen LogP contribution in [0.15, 0.2) is 73.4 Å². The van der Waals surface area contributed by atoms with E-state index in [1.54, 1.807) is 6.20 Å². The maximum atomic E-state index is 4.25. The molecule has 3 aromatic rings. The van der Waals surface area contributed by atoms with E-state index >= 15 is 0 Å². The standard InChI is InChI=1S/3C9H13N.3C2H6/c1-9(2,3)8-4-6-10-7-5-8;1-9(2,3)8-5-4-6-10-7-8;1-9(2,3)8-6-4-5-7-10-8;3*1-2/h3*4-7H,1-3H3;3*1-2H3. The zero-order valence-electron chi connectivity index (χ0n) is 26.3. The lowest BCUT2D eigenvalue weighted by molar-refractivity contribution is 0.569. The van der Waals surface area contributed by atoms with Crippen LogP contribution in [0.5, 0.6) is 0 Å². The van der Waals surface area contributed by atoms with Gasteiger partial charge in [0.25, 0.3) is 0 Å². The fourth-order valence-electron chi connectivity index (χ4n) is 2.46. The van der Waals surface area contributed by atoms with Gasteiger partial charge in [-0.3, -0.25) is 15.0 Å². The minimum Gasteiger partial charge on any atom is -0.265 e. The van der Waals surface area contributed by atoms with E-state index in [1.807, 2.05) is 84.5 Å². The molecule has 3 rings (SSSR count). The first-order valence-corrected chi connectivity index (χ1v) is 13.5. The highest BCUT2D eigenvalue weighted by Crippen LogP contribution is 2.21. The molecule has 36 heavy (non-hydrogen) atoms. The van der Waals surface area contributed by atoms with E-state index in [1.165, 1.54) is 11.1 Å². The van der Waals surface area contributed by atoms with Crippen molar-refractivity contribution in [2.24, 2.45) is 0 Å². The van der Waals surface area contributed by atoms with E-state index in [-0.39, 0.29) is 16.2 Å². The number of rotatable bonds is 0. The average molecular weight is 496 g/mol. The van der Waals surface area contributed by atoms with E-state index in [0.717, 1.165) is 5.69 Å². The van der Waals surface area contributed by atoms with Crippen LogP contribution in [0.4, 0.5) is 0 Å². The van der Waals surface area contributed by atoms with Gasteiger partial charge in [0.1, 0.15) is 0 Å². The van der Waals surface area contributed by atoms with E-state index < -0.39 is 0 Å². The first-order chi connectivity index (χ1) is 16.8. The van der Waals surface area contributed by atoms with Crippen molar-refractivity contribution in [1.29, 1.82) is 0 Å². The van der Waals surface area contributed by atoms with Gasteiger partial charge in [0, 0.05) is 42.1 Å². The number of pyridine rings is 3. The molecule has 0 radical (unpaired) electrons. The summed E-state index contributed by atoms with van der Waals surface area (Å²) in [5.74, 6) is 0. The zero-order chi connectivity index (χ0) is 28.8. The van der Waals surface area contributed by atoms with Crippen molar-refractivity contribution in [2.45, 2.75) is 120 Å². The van der Waals surface area contributed by atoms with Crippen LogP contribution in [-0.4, -0.2) is 15.0 Å². The molecule has 0 saturated heterocycles. The predicted molar refractivity (Wildman–Crippen MR) is 163 cm³/mol. The van der Waals surface area contributed by atoms with Crippen LogP contribution < -0.4 is 0 Å². The largest absolute Gasteiger partial charge is 0.265 e. The molecule has 204 valence electrons. The predicted octanol–water partition coefficient (Wildman–Crippen LogP) is 10.2. The summed E-state index contributed by atoms with van der Waals surface area (Å²) in [5, 5.41) is 0. The van der Waals surface area contributed by atoms with Crippen LogP contribution >= 0.6 is 0 Å². The molecule has 3 aromatic heterocycles. The van der Waals surface area contributed by atoms with Gasteiger partial charge in [-0.15, -0.1) is 0 Å². The first-order valence-electron chi connectivity index (χ1n) is 13.5. The van der Waals surface area contributed by atoms with Crippen LogP contribution in [-0.2, 0) is 16.2 Å². The number of aromatic nitrogens is 3. The van der Waals surface area contributed by atoms with Crippen LogP contribution in [0.3, 0.4) is 0 Å². The molecule has 3 heterocycles. The summed E-state index contributed by atoms with van der Waals surface area (Å²) in [7, 11) is 0. The summed E-state index contributed by atoms with van der Waals surface area (Å²) >= 11 is 0. The quantitative estimate of drug-likeness (QED) is 0.311. The molecule has 0 unspecified atom stereocenters. The smallest absolute Gasteiger partial charge is 0.0457 e. The SMILES string of the molecule is CC.CC.CC.CC(C)(C)c1ccccn1.CC(C)(C)c1cccnc1.CC(C)(C)c1ccncc1. The Morgan fingerprint density at radius 3 is 1.19 bits per heavy atom. The Morgan fingerprint density at radius 2 is 0.944 bits per heavy atom. The monoisotopic (exact) mass is 495 g/mol. The summed E-state index contributed by atoms with van der Waals surface area (Å²) in [6, 6.07) is 14.2. The molecule has 0 amide bonds. The van der Waals surface area contributed by atoms with Gasteiger partial charge < -0.3 is 0 Å². The Balaban J connectivity index is -0.000000410. The third-order valence-corrected chi connectivity index (χ3v) is 4.51. The number of nitrogens with zero attached hydrogens (tertiary/aromatic N) is 3. The molecule has 3 heteroatoms. The summed E-state index contributed by atoms with van der Waals surface area (Å²) in [4.78, 5) is 12.3. The second kappa shape index (κ2) is 20.6. The molecule has 3 nitrogen and oxygen atoms in total. The lowest BCUT2D eigenvalue weighted by atomic mass is 9.88. The van der Waals surface area contributed by atoms with Gasteiger partial charge in [0.15, 0.2) is 0 Å². The average Bonchev–Trinajstić information content (AvgIpc) is 2.89. The Hall–Kier alpha value is -2.55. The van der Waals surface area contributed by atoms with Gasteiger partial charge in [0.2, 0.25) is 0 Å². The molecule has 0 aliphatic carbocycles. The molecule has 0 bridgehead atoms. The Labute approximate surface area is 225 Å². The fourth-order valence-corrected chi connectivity index (χ4v) is 2.46. The van der Waals surface area contributed by atoms with Gasteiger partial charge in [-0.25, -0.2) is 0 Å². The van der Waals surface area contributed by atoms with Gasteiger partial charge in [0.05, 0.1) is 0 Å². The molecule has 0 aliphatic heterocycles. The molecular weight excluding hydrogens is 438 g/mol. The Morgan fingerprint density at radius 1 is 0.444 bits per heavy atom. The highest BCUT2D eigenvalue weighted by molar-refractivity contribution is 5.19. The van der Waals surface area contributed by atoms with Gasteiger partial charge in [-0.05, 0) is 52.3 Å². The van der Waals surface area contributed by atoms with Crippen LogP contribution in [0, 0.1) is 0 Å².